The molecule has 0 aromatic heterocycles. The maximum Gasteiger partial charge on any atom is -0.0163 e. The van der Waals surface area contributed by atoms with E-state index < -0.39 is 0 Å². The van der Waals surface area contributed by atoms with Crippen molar-refractivity contribution in [3.05, 3.63) is 55.0 Å². The minimum absolute atomic E-state index is 1.03. The fourth-order valence-electron chi connectivity index (χ4n) is 0.996. The lowest BCUT2D eigenvalue weighted by Crippen LogP contribution is -1.70. The maximum absolute atomic E-state index is 2.26. The van der Waals surface area contributed by atoms with Crippen molar-refractivity contribution in [1.82, 2.24) is 0 Å². The second kappa shape index (κ2) is 6.66. The monoisotopic (exact) mass is 159 g/mol. The van der Waals surface area contributed by atoms with E-state index in [0.717, 1.165) is 19.3 Å². The first kappa shape index (κ1) is 9.05. The third-order valence-corrected chi connectivity index (χ3v) is 1.64. The maximum atomic E-state index is 2.26. The van der Waals surface area contributed by atoms with E-state index in [2.05, 4.69) is 55.0 Å². The van der Waals surface area contributed by atoms with Crippen LogP contribution in [0.4, 0.5) is 0 Å². The molecule has 0 bridgehead atoms. The van der Waals surface area contributed by atoms with Gasteiger partial charge in [-0.3, -0.25) is 0 Å². The lowest BCUT2D eigenvalue weighted by Gasteiger charge is -1.89. The molecule has 0 amide bonds. The van der Waals surface area contributed by atoms with Crippen LogP contribution >= 0.6 is 0 Å². The Bertz CT molecular complexity index is 182. The van der Waals surface area contributed by atoms with Gasteiger partial charge < -0.3 is 0 Å². The van der Waals surface area contributed by atoms with Crippen LogP contribution in [0.2, 0.25) is 0 Å². The molecule has 12 heavy (non-hydrogen) atoms. The van der Waals surface area contributed by atoms with Crippen LogP contribution in [-0.4, -0.2) is 0 Å². The van der Waals surface area contributed by atoms with Gasteiger partial charge in [0.2, 0.25) is 0 Å². The Labute approximate surface area is 75.0 Å². The predicted octanol–water partition coefficient (Wildman–Crippen LogP) is 3.60. The quantitative estimate of drug-likeness (QED) is 0.506. The highest BCUT2D eigenvalue weighted by atomic mass is 13.9. The Morgan fingerprint density at radius 1 is 0.500 bits per heavy atom. The molecule has 0 aromatic rings. The van der Waals surface area contributed by atoms with Gasteiger partial charge in [-0.15, -0.1) is 0 Å². The Kier molecular flexibility index (Phi) is 5.02. The average molecular weight is 159 g/mol. The highest BCUT2D eigenvalue weighted by molar-refractivity contribution is 5.10. The van der Waals surface area contributed by atoms with Crippen LogP contribution in [0.5, 0.6) is 0 Å². The number of rotatable bonds is 0. The topological polar surface area (TPSA) is 0 Å². The lowest BCUT2D eigenvalue weighted by molar-refractivity contribution is 1.10. The van der Waals surface area contributed by atoms with Crippen LogP contribution in [-0.2, 0) is 0 Å². The minimum atomic E-state index is 1.03. The van der Waals surface area contributed by atoms with E-state index in [1.54, 1.807) is 0 Å². The standard InChI is InChI=1S/C12H15/c1-2-4-6-8-10-12-11-9-7-5-3-1/h1-4,7-9,11-12H,5-6,10H2/b3-1-,4-2+,9-7-,12-11+. The molecule has 0 heteroatoms. The van der Waals surface area contributed by atoms with E-state index >= 15 is 0 Å². The fraction of sp³-hybridized carbons (Fsp3) is 0.250. The summed E-state index contributed by atoms with van der Waals surface area (Å²) in [6.45, 7) is 0. The molecule has 0 fully saturated rings. The van der Waals surface area contributed by atoms with Gasteiger partial charge in [-0.1, -0.05) is 48.6 Å². The molecule has 0 aliphatic heterocycles. The minimum Gasteiger partial charge on any atom is -0.0843 e. The van der Waals surface area contributed by atoms with Gasteiger partial charge in [-0.25, -0.2) is 0 Å². The molecule has 0 N–H and O–H groups in total. The summed E-state index contributed by atoms with van der Waals surface area (Å²) in [5.74, 6) is 0. The smallest absolute Gasteiger partial charge is 0.0163 e. The summed E-state index contributed by atoms with van der Waals surface area (Å²) in [6, 6.07) is 0. The van der Waals surface area contributed by atoms with Gasteiger partial charge in [0.05, 0.1) is 0 Å². The molecule has 0 saturated carbocycles. The molecule has 1 radical (unpaired) electrons. The fourth-order valence-corrected chi connectivity index (χ4v) is 0.996. The molecule has 0 spiro atoms. The zero-order valence-electron chi connectivity index (χ0n) is 7.32. The van der Waals surface area contributed by atoms with Crippen LogP contribution in [0.1, 0.15) is 19.3 Å². The van der Waals surface area contributed by atoms with Gasteiger partial charge in [0, 0.05) is 0 Å². The van der Waals surface area contributed by atoms with Crippen LogP contribution < -0.4 is 0 Å². The molecule has 1 aliphatic rings. The average Bonchev–Trinajstić information content (AvgIpc) is 2.05. The molecule has 63 valence electrons. The predicted molar refractivity (Wildman–Crippen MR) is 54.7 cm³/mol. The second-order valence-corrected chi connectivity index (χ2v) is 2.71. The van der Waals surface area contributed by atoms with E-state index in [1.165, 1.54) is 0 Å². The number of hydrogen-bond acceptors (Lipinski definition) is 0. The van der Waals surface area contributed by atoms with Crippen molar-refractivity contribution in [2.45, 2.75) is 19.3 Å². The molecular formula is C12H15. The Balaban J connectivity index is 2.42. The summed E-state index contributed by atoms with van der Waals surface area (Å²) in [5.41, 5.74) is 0. The zero-order valence-corrected chi connectivity index (χ0v) is 7.32. The first-order valence-electron chi connectivity index (χ1n) is 4.45. The van der Waals surface area contributed by atoms with E-state index in [0.29, 0.717) is 0 Å². The normalized spacial score (nSPS) is 29.3. The van der Waals surface area contributed by atoms with Crippen molar-refractivity contribution in [3.63, 3.8) is 0 Å². The Morgan fingerprint density at radius 2 is 0.917 bits per heavy atom. The molecule has 0 aromatic carbocycles. The molecule has 0 nitrogen and oxygen atoms in total. The van der Waals surface area contributed by atoms with Crippen molar-refractivity contribution in [1.29, 1.82) is 0 Å². The van der Waals surface area contributed by atoms with E-state index in [4.69, 9.17) is 0 Å². The molecule has 0 heterocycles. The molecule has 0 saturated heterocycles. The summed E-state index contributed by atoms with van der Waals surface area (Å²) >= 11 is 0. The van der Waals surface area contributed by atoms with Crippen LogP contribution in [0.15, 0.2) is 48.6 Å². The first-order chi connectivity index (χ1) is 6.00. The van der Waals surface area contributed by atoms with Gasteiger partial charge in [0.1, 0.15) is 0 Å². The second-order valence-electron chi connectivity index (χ2n) is 2.71. The zero-order chi connectivity index (χ0) is 8.49. The van der Waals surface area contributed by atoms with Crippen molar-refractivity contribution >= 4 is 0 Å². The molecular weight excluding hydrogens is 144 g/mol. The third kappa shape index (κ3) is 4.73. The van der Waals surface area contributed by atoms with Crippen molar-refractivity contribution in [2.75, 3.05) is 0 Å². The van der Waals surface area contributed by atoms with E-state index in [1.807, 2.05) is 0 Å². The Hall–Kier alpha value is -1.04. The van der Waals surface area contributed by atoms with Gasteiger partial charge in [-0.2, -0.15) is 0 Å². The van der Waals surface area contributed by atoms with Crippen LogP contribution in [0, 0.1) is 6.42 Å². The SMILES string of the molecule is [CH]1C/C=C/C=C\C/C=C\C=C\C1. The molecule has 1 rings (SSSR count). The van der Waals surface area contributed by atoms with E-state index in [-0.39, 0.29) is 0 Å². The Morgan fingerprint density at radius 3 is 1.42 bits per heavy atom. The van der Waals surface area contributed by atoms with Crippen LogP contribution in [0.25, 0.3) is 0 Å². The summed E-state index contributed by atoms with van der Waals surface area (Å²) in [6.07, 6.45) is 22.5. The third-order valence-electron chi connectivity index (χ3n) is 1.64. The largest absolute Gasteiger partial charge is 0.0843 e. The van der Waals surface area contributed by atoms with Gasteiger partial charge in [0.25, 0.3) is 0 Å². The highest BCUT2D eigenvalue weighted by Crippen LogP contribution is 1.98. The van der Waals surface area contributed by atoms with Crippen molar-refractivity contribution in [3.8, 4) is 0 Å². The van der Waals surface area contributed by atoms with E-state index in [9.17, 15) is 0 Å². The lowest BCUT2D eigenvalue weighted by atomic mass is 10.2. The van der Waals surface area contributed by atoms with Gasteiger partial charge in [-0.05, 0) is 25.7 Å². The summed E-state index contributed by atoms with van der Waals surface area (Å²) in [5, 5.41) is 0. The number of allylic oxidation sites excluding steroid dienone is 8. The van der Waals surface area contributed by atoms with Crippen LogP contribution in [0.3, 0.4) is 0 Å². The summed E-state index contributed by atoms with van der Waals surface area (Å²) < 4.78 is 0. The first-order valence-corrected chi connectivity index (χ1v) is 4.45. The van der Waals surface area contributed by atoms with Gasteiger partial charge >= 0.3 is 0 Å². The molecule has 0 atom stereocenters. The highest BCUT2D eigenvalue weighted by Gasteiger charge is 1.80. The van der Waals surface area contributed by atoms with Crippen molar-refractivity contribution in [2.24, 2.45) is 0 Å². The van der Waals surface area contributed by atoms with Crippen molar-refractivity contribution < 1.29 is 0 Å². The number of hydrogen-bond donors (Lipinski definition) is 0. The summed E-state index contributed by atoms with van der Waals surface area (Å²) in [4.78, 5) is 0. The van der Waals surface area contributed by atoms with Gasteiger partial charge in [0.15, 0.2) is 0 Å². The molecule has 0 unspecified atom stereocenters. The molecule has 1 aliphatic carbocycles. The summed E-state index contributed by atoms with van der Waals surface area (Å²) in [7, 11) is 0.